The van der Waals surface area contributed by atoms with Gasteiger partial charge in [-0.25, -0.2) is 13.2 Å². The van der Waals surface area contributed by atoms with Gasteiger partial charge >= 0.3 is 5.97 Å². The summed E-state index contributed by atoms with van der Waals surface area (Å²) >= 11 is 0. The summed E-state index contributed by atoms with van der Waals surface area (Å²) in [5.74, 6) is -1.95. The van der Waals surface area contributed by atoms with Crippen LogP contribution >= 0.6 is 0 Å². The second-order valence-corrected chi connectivity index (χ2v) is 7.70. The molecule has 1 atom stereocenters. The van der Waals surface area contributed by atoms with Gasteiger partial charge in [0.15, 0.2) is 15.6 Å². The van der Waals surface area contributed by atoms with Crippen LogP contribution in [0, 0.1) is 0 Å². The van der Waals surface area contributed by atoms with Crippen LogP contribution in [-0.2, 0) is 9.84 Å². The van der Waals surface area contributed by atoms with Crippen LogP contribution in [0.4, 0.5) is 0 Å². The van der Waals surface area contributed by atoms with E-state index in [9.17, 15) is 18.0 Å². The van der Waals surface area contributed by atoms with Crippen LogP contribution in [-0.4, -0.2) is 53.9 Å². The van der Waals surface area contributed by atoms with E-state index in [1.165, 1.54) is 12.1 Å². The van der Waals surface area contributed by atoms with Gasteiger partial charge in [-0.15, -0.1) is 0 Å². The highest BCUT2D eigenvalue weighted by Gasteiger charge is 2.43. The summed E-state index contributed by atoms with van der Waals surface area (Å²) in [7, 11) is -3.09. The molecule has 7 nitrogen and oxygen atoms in total. The quantitative estimate of drug-likeness (QED) is 0.880. The molecular formula is C13H15NO6S. The lowest BCUT2D eigenvalue weighted by atomic mass is 10.2. The maximum Gasteiger partial charge on any atom is 0.371 e. The Morgan fingerprint density at radius 1 is 1.14 bits per heavy atom. The third kappa shape index (κ3) is 2.80. The van der Waals surface area contributed by atoms with Gasteiger partial charge in [-0.2, -0.15) is 0 Å². The molecule has 1 aliphatic heterocycles. The Labute approximate surface area is 121 Å². The van der Waals surface area contributed by atoms with Crippen LogP contribution in [0.5, 0.6) is 0 Å². The van der Waals surface area contributed by atoms with Crippen molar-refractivity contribution in [2.75, 3.05) is 11.5 Å². The highest BCUT2D eigenvalue weighted by atomic mass is 32.2. The molecule has 114 valence electrons. The van der Waals surface area contributed by atoms with E-state index in [2.05, 4.69) is 0 Å². The largest absolute Gasteiger partial charge is 0.475 e. The second kappa shape index (κ2) is 4.87. The first-order valence-corrected chi connectivity index (χ1v) is 8.56. The monoisotopic (exact) mass is 313 g/mol. The lowest BCUT2D eigenvalue weighted by Crippen LogP contribution is -2.42. The molecule has 21 heavy (non-hydrogen) atoms. The number of carbonyl (C=O) groups excluding carboxylic acids is 1. The number of aromatic carboxylic acids is 1. The topological polar surface area (TPSA) is 105 Å². The first kappa shape index (κ1) is 14.1. The molecule has 0 radical (unpaired) electrons. The van der Waals surface area contributed by atoms with Gasteiger partial charge in [0.25, 0.3) is 5.91 Å². The van der Waals surface area contributed by atoms with Gasteiger partial charge in [0, 0.05) is 12.1 Å². The number of rotatable bonds is 4. The Kier molecular flexibility index (Phi) is 3.27. The van der Waals surface area contributed by atoms with Gasteiger partial charge in [0.2, 0.25) is 5.76 Å². The lowest BCUT2D eigenvalue weighted by Gasteiger charge is -2.27. The van der Waals surface area contributed by atoms with Gasteiger partial charge in [0.05, 0.1) is 11.5 Å². The fourth-order valence-electron chi connectivity index (χ4n) is 2.67. The van der Waals surface area contributed by atoms with E-state index < -0.39 is 21.7 Å². The van der Waals surface area contributed by atoms with E-state index in [0.29, 0.717) is 6.42 Å². The van der Waals surface area contributed by atoms with Crippen molar-refractivity contribution in [3.05, 3.63) is 23.7 Å². The van der Waals surface area contributed by atoms with Gasteiger partial charge in [-0.1, -0.05) is 0 Å². The molecule has 0 aromatic carbocycles. The molecule has 1 unspecified atom stereocenters. The second-order valence-electron chi connectivity index (χ2n) is 5.47. The van der Waals surface area contributed by atoms with Crippen molar-refractivity contribution < 1.29 is 27.5 Å². The van der Waals surface area contributed by atoms with Crippen LogP contribution < -0.4 is 0 Å². The van der Waals surface area contributed by atoms with Crippen molar-refractivity contribution in [3.63, 3.8) is 0 Å². The number of carboxylic acids is 1. The molecule has 8 heteroatoms. The Hall–Kier alpha value is -1.83. The zero-order chi connectivity index (χ0) is 15.2. The van der Waals surface area contributed by atoms with Crippen molar-refractivity contribution in [2.24, 2.45) is 0 Å². The summed E-state index contributed by atoms with van der Waals surface area (Å²) in [6.45, 7) is 0. The summed E-state index contributed by atoms with van der Waals surface area (Å²) in [6.07, 6.45) is 2.11. The predicted molar refractivity (Wildman–Crippen MR) is 71.9 cm³/mol. The molecule has 1 aromatic heterocycles. The number of sulfone groups is 1. The highest BCUT2D eigenvalue weighted by Crippen LogP contribution is 2.33. The van der Waals surface area contributed by atoms with Crippen LogP contribution in [0.2, 0.25) is 0 Å². The number of carboxylic acid groups (broad SMARTS) is 1. The molecule has 3 rings (SSSR count). The number of amides is 1. The summed E-state index contributed by atoms with van der Waals surface area (Å²) in [5, 5.41) is 8.82. The van der Waals surface area contributed by atoms with Crippen molar-refractivity contribution >= 4 is 21.7 Å². The standard InChI is InChI=1S/C13H15NO6S/c15-12(10-3-4-11(20-10)13(16)17)14(8-1-2-8)9-5-6-21(18,19)7-9/h3-4,8-9H,1-2,5-7H2,(H,16,17). The van der Waals surface area contributed by atoms with E-state index in [0.717, 1.165) is 12.8 Å². The lowest BCUT2D eigenvalue weighted by molar-refractivity contribution is 0.0623. The predicted octanol–water partition coefficient (Wildman–Crippen LogP) is 0.770. The van der Waals surface area contributed by atoms with Crippen molar-refractivity contribution in [3.8, 4) is 0 Å². The number of nitrogens with zero attached hydrogens (tertiary/aromatic N) is 1. The summed E-state index contributed by atoms with van der Waals surface area (Å²) in [6, 6.07) is 2.25. The fourth-order valence-corrected chi connectivity index (χ4v) is 4.38. The van der Waals surface area contributed by atoms with E-state index in [1.807, 2.05) is 0 Å². The highest BCUT2D eigenvalue weighted by molar-refractivity contribution is 7.91. The Bertz CT molecular complexity index is 687. The van der Waals surface area contributed by atoms with Gasteiger partial charge in [0.1, 0.15) is 0 Å². The zero-order valence-corrected chi connectivity index (χ0v) is 12.0. The van der Waals surface area contributed by atoms with E-state index in [4.69, 9.17) is 9.52 Å². The Morgan fingerprint density at radius 3 is 2.29 bits per heavy atom. The van der Waals surface area contributed by atoms with E-state index in [-0.39, 0.29) is 35.1 Å². The van der Waals surface area contributed by atoms with Crippen LogP contribution in [0.1, 0.15) is 40.4 Å². The summed E-state index contributed by atoms with van der Waals surface area (Å²) in [4.78, 5) is 24.9. The molecule has 0 bridgehead atoms. The molecule has 1 saturated carbocycles. The molecule has 1 aromatic rings. The minimum absolute atomic E-state index is 0.0261. The Balaban J connectivity index is 1.83. The normalized spacial score (nSPS) is 23.9. The van der Waals surface area contributed by atoms with Gasteiger partial charge in [-0.3, -0.25) is 4.79 Å². The third-order valence-electron chi connectivity index (χ3n) is 3.80. The Morgan fingerprint density at radius 2 is 1.81 bits per heavy atom. The van der Waals surface area contributed by atoms with Crippen molar-refractivity contribution in [2.45, 2.75) is 31.3 Å². The first-order chi connectivity index (χ1) is 9.87. The average molecular weight is 313 g/mol. The molecular weight excluding hydrogens is 298 g/mol. The number of furan rings is 1. The first-order valence-electron chi connectivity index (χ1n) is 6.73. The number of carbonyl (C=O) groups is 2. The van der Waals surface area contributed by atoms with E-state index in [1.54, 1.807) is 4.90 Å². The molecule has 1 amide bonds. The van der Waals surface area contributed by atoms with Crippen molar-refractivity contribution in [1.82, 2.24) is 4.90 Å². The average Bonchev–Trinajstić information content (AvgIpc) is 2.98. The van der Waals surface area contributed by atoms with E-state index >= 15 is 0 Å². The fraction of sp³-hybridized carbons (Fsp3) is 0.538. The zero-order valence-electron chi connectivity index (χ0n) is 11.2. The molecule has 1 aliphatic carbocycles. The summed E-state index contributed by atoms with van der Waals surface area (Å²) in [5.41, 5.74) is 0. The van der Waals surface area contributed by atoms with Gasteiger partial charge < -0.3 is 14.4 Å². The molecule has 1 saturated heterocycles. The molecule has 2 heterocycles. The minimum atomic E-state index is -3.09. The van der Waals surface area contributed by atoms with Crippen molar-refractivity contribution in [1.29, 1.82) is 0 Å². The minimum Gasteiger partial charge on any atom is -0.475 e. The van der Waals surface area contributed by atoms with Crippen LogP contribution in [0.15, 0.2) is 16.5 Å². The number of hydrogen-bond acceptors (Lipinski definition) is 5. The maximum atomic E-state index is 12.5. The van der Waals surface area contributed by atoms with Gasteiger partial charge in [-0.05, 0) is 31.4 Å². The number of hydrogen-bond donors (Lipinski definition) is 1. The third-order valence-corrected chi connectivity index (χ3v) is 5.55. The summed E-state index contributed by atoms with van der Waals surface area (Å²) < 4.78 is 28.2. The van der Waals surface area contributed by atoms with Crippen LogP contribution in [0.25, 0.3) is 0 Å². The molecule has 1 N–H and O–H groups in total. The maximum absolute atomic E-state index is 12.5. The molecule has 2 aliphatic rings. The molecule has 2 fully saturated rings. The smallest absolute Gasteiger partial charge is 0.371 e. The molecule has 0 spiro atoms. The SMILES string of the molecule is O=C(O)c1ccc(C(=O)N(C2CC2)C2CCS(=O)(=O)C2)o1. The van der Waals surface area contributed by atoms with Crippen LogP contribution in [0.3, 0.4) is 0 Å².